The Kier molecular flexibility index (Phi) is 3.84. The van der Waals surface area contributed by atoms with Gasteiger partial charge in [0.2, 0.25) is 0 Å². The van der Waals surface area contributed by atoms with Crippen LogP contribution in [0.15, 0.2) is 22.7 Å². The SMILES string of the molecule is Cc1ccc(Br)cc1C(=O)N1CCC[C@@H](N)C1. The van der Waals surface area contributed by atoms with Crippen LogP contribution in [0.1, 0.15) is 28.8 Å². The Morgan fingerprint density at radius 3 is 3.00 bits per heavy atom. The van der Waals surface area contributed by atoms with E-state index in [0.717, 1.165) is 35.0 Å². The molecule has 3 nitrogen and oxygen atoms in total. The van der Waals surface area contributed by atoms with Gasteiger partial charge in [-0.25, -0.2) is 0 Å². The van der Waals surface area contributed by atoms with Crippen LogP contribution in [0.5, 0.6) is 0 Å². The average Bonchev–Trinajstić information content (AvgIpc) is 2.31. The van der Waals surface area contributed by atoms with E-state index in [2.05, 4.69) is 15.9 Å². The summed E-state index contributed by atoms with van der Waals surface area (Å²) < 4.78 is 0.938. The summed E-state index contributed by atoms with van der Waals surface area (Å²) in [6, 6.07) is 5.92. The molecule has 1 aromatic rings. The maximum atomic E-state index is 12.4. The lowest BCUT2D eigenvalue weighted by Crippen LogP contribution is -2.45. The van der Waals surface area contributed by atoms with E-state index in [9.17, 15) is 4.79 Å². The molecule has 0 aliphatic carbocycles. The van der Waals surface area contributed by atoms with Gasteiger partial charge in [0.25, 0.3) is 5.91 Å². The van der Waals surface area contributed by atoms with Crippen molar-refractivity contribution in [3.8, 4) is 0 Å². The van der Waals surface area contributed by atoms with Crippen molar-refractivity contribution in [1.82, 2.24) is 4.90 Å². The van der Waals surface area contributed by atoms with Crippen LogP contribution in [-0.4, -0.2) is 29.9 Å². The molecule has 2 N–H and O–H groups in total. The monoisotopic (exact) mass is 296 g/mol. The van der Waals surface area contributed by atoms with Gasteiger partial charge in [0, 0.05) is 29.2 Å². The molecule has 1 fully saturated rings. The Labute approximate surface area is 110 Å². The number of likely N-dealkylation sites (tertiary alicyclic amines) is 1. The van der Waals surface area contributed by atoms with Gasteiger partial charge in [-0.05, 0) is 37.5 Å². The molecule has 0 unspecified atom stereocenters. The smallest absolute Gasteiger partial charge is 0.254 e. The summed E-state index contributed by atoms with van der Waals surface area (Å²) in [7, 11) is 0. The first-order chi connectivity index (χ1) is 8.08. The molecule has 1 heterocycles. The molecule has 0 radical (unpaired) electrons. The third-order valence-corrected chi connectivity index (χ3v) is 3.67. The van der Waals surface area contributed by atoms with Gasteiger partial charge in [-0.2, -0.15) is 0 Å². The normalized spacial score (nSPS) is 20.4. The molecular weight excluding hydrogens is 280 g/mol. The number of carbonyl (C=O) groups is 1. The number of nitrogens with zero attached hydrogens (tertiary/aromatic N) is 1. The zero-order valence-corrected chi connectivity index (χ0v) is 11.5. The van der Waals surface area contributed by atoms with Gasteiger partial charge >= 0.3 is 0 Å². The topological polar surface area (TPSA) is 46.3 Å². The number of benzene rings is 1. The lowest BCUT2D eigenvalue weighted by atomic mass is 10.0. The molecule has 1 aliphatic rings. The molecule has 1 saturated heterocycles. The van der Waals surface area contributed by atoms with Crippen LogP contribution in [0.25, 0.3) is 0 Å². The van der Waals surface area contributed by atoms with Gasteiger partial charge in [0.05, 0.1) is 0 Å². The fourth-order valence-electron chi connectivity index (χ4n) is 2.19. The van der Waals surface area contributed by atoms with Crippen molar-refractivity contribution in [3.63, 3.8) is 0 Å². The fourth-order valence-corrected chi connectivity index (χ4v) is 2.55. The summed E-state index contributed by atoms with van der Waals surface area (Å²) in [5.74, 6) is 0.0963. The highest BCUT2D eigenvalue weighted by Crippen LogP contribution is 2.19. The number of amides is 1. The van der Waals surface area contributed by atoms with E-state index in [-0.39, 0.29) is 11.9 Å². The summed E-state index contributed by atoms with van der Waals surface area (Å²) in [4.78, 5) is 14.2. The molecule has 1 aromatic carbocycles. The first-order valence-electron chi connectivity index (χ1n) is 5.89. The molecule has 17 heavy (non-hydrogen) atoms. The second-order valence-electron chi connectivity index (χ2n) is 4.61. The number of piperidine rings is 1. The Balaban J connectivity index is 2.21. The van der Waals surface area contributed by atoms with Crippen molar-refractivity contribution in [2.75, 3.05) is 13.1 Å². The van der Waals surface area contributed by atoms with Crippen molar-refractivity contribution in [2.24, 2.45) is 5.73 Å². The predicted octanol–water partition coefficient (Wildman–Crippen LogP) is 2.32. The van der Waals surface area contributed by atoms with Crippen LogP contribution < -0.4 is 5.73 Å². The highest BCUT2D eigenvalue weighted by atomic mass is 79.9. The Morgan fingerprint density at radius 2 is 2.29 bits per heavy atom. The van der Waals surface area contributed by atoms with Crippen LogP contribution in [0, 0.1) is 6.92 Å². The number of nitrogens with two attached hydrogens (primary N) is 1. The third kappa shape index (κ3) is 2.87. The molecule has 0 bridgehead atoms. The molecule has 4 heteroatoms. The molecule has 1 aliphatic heterocycles. The van der Waals surface area contributed by atoms with Crippen LogP contribution in [0.3, 0.4) is 0 Å². The Bertz CT molecular complexity index is 433. The number of hydrogen-bond acceptors (Lipinski definition) is 2. The molecule has 0 spiro atoms. The standard InChI is InChI=1S/C13H17BrN2O/c1-9-4-5-10(14)7-12(9)13(17)16-6-2-3-11(15)8-16/h4-5,7,11H,2-3,6,8,15H2,1H3/t11-/m1/s1. The summed E-state index contributed by atoms with van der Waals surface area (Å²) in [6.07, 6.45) is 2.02. The second kappa shape index (κ2) is 5.19. The second-order valence-corrected chi connectivity index (χ2v) is 5.53. The summed E-state index contributed by atoms with van der Waals surface area (Å²) >= 11 is 3.41. The van der Waals surface area contributed by atoms with E-state index < -0.39 is 0 Å². The number of aryl methyl sites for hydroxylation is 1. The molecule has 1 amide bonds. The zero-order chi connectivity index (χ0) is 12.4. The minimum absolute atomic E-state index is 0.0963. The largest absolute Gasteiger partial charge is 0.337 e. The molecule has 0 saturated carbocycles. The van der Waals surface area contributed by atoms with Crippen molar-refractivity contribution in [1.29, 1.82) is 0 Å². The van der Waals surface area contributed by atoms with Gasteiger partial charge in [0.15, 0.2) is 0 Å². The highest BCUT2D eigenvalue weighted by Gasteiger charge is 2.23. The van der Waals surface area contributed by atoms with Gasteiger partial charge in [-0.3, -0.25) is 4.79 Å². The first-order valence-corrected chi connectivity index (χ1v) is 6.68. The number of halogens is 1. The Hall–Kier alpha value is -0.870. The van der Waals surface area contributed by atoms with Crippen LogP contribution in [-0.2, 0) is 0 Å². The van der Waals surface area contributed by atoms with Crippen molar-refractivity contribution in [2.45, 2.75) is 25.8 Å². The Morgan fingerprint density at radius 1 is 1.53 bits per heavy atom. The van der Waals surface area contributed by atoms with Gasteiger partial charge < -0.3 is 10.6 Å². The number of rotatable bonds is 1. The summed E-state index contributed by atoms with van der Waals surface area (Å²) in [5, 5.41) is 0. The molecule has 0 aromatic heterocycles. The van der Waals surface area contributed by atoms with Crippen LogP contribution in [0.2, 0.25) is 0 Å². The predicted molar refractivity (Wildman–Crippen MR) is 72.0 cm³/mol. The summed E-state index contributed by atoms with van der Waals surface area (Å²) in [6.45, 7) is 3.45. The van der Waals surface area contributed by atoms with Crippen molar-refractivity contribution in [3.05, 3.63) is 33.8 Å². The van der Waals surface area contributed by atoms with Gasteiger partial charge in [-0.15, -0.1) is 0 Å². The van der Waals surface area contributed by atoms with E-state index >= 15 is 0 Å². The molecule has 2 rings (SSSR count). The van der Waals surface area contributed by atoms with Crippen LogP contribution >= 0.6 is 15.9 Å². The van der Waals surface area contributed by atoms with Gasteiger partial charge in [-0.1, -0.05) is 22.0 Å². The molecular formula is C13H17BrN2O. The van der Waals surface area contributed by atoms with E-state index in [1.165, 1.54) is 0 Å². The molecule has 92 valence electrons. The maximum Gasteiger partial charge on any atom is 0.254 e. The minimum Gasteiger partial charge on any atom is -0.337 e. The third-order valence-electron chi connectivity index (χ3n) is 3.18. The van der Waals surface area contributed by atoms with E-state index in [1.807, 2.05) is 30.0 Å². The highest BCUT2D eigenvalue weighted by molar-refractivity contribution is 9.10. The zero-order valence-electron chi connectivity index (χ0n) is 9.95. The van der Waals surface area contributed by atoms with Crippen LogP contribution in [0.4, 0.5) is 0 Å². The fraction of sp³-hybridized carbons (Fsp3) is 0.462. The minimum atomic E-state index is 0.0963. The maximum absolute atomic E-state index is 12.4. The summed E-state index contributed by atoms with van der Waals surface area (Å²) in [5.41, 5.74) is 7.69. The van der Waals surface area contributed by atoms with Crippen molar-refractivity contribution < 1.29 is 4.79 Å². The molecule has 1 atom stereocenters. The number of hydrogen-bond donors (Lipinski definition) is 1. The van der Waals surface area contributed by atoms with Gasteiger partial charge in [0.1, 0.15) is 0 Å². The van der Waals surface area contributed by atoms with E-state index in [4.69, 9.17) is 5.73 Å². The van der Waals surface area contributed by atoms with E-state index in [1.54, 1.807) is 0 Å². The van der Waals surface area contributed by atoms with E-state index in [0.29, 0.717) is 6.54 Å². The number of carbonyl (C=O) groups excluding carboxylic acids is 1. The lowest BCUT2D eigenvalue weighted by molar-refractivity contribution is 0.0708. The average molecular weight is 297 g/mol. The lowest BCUT2D eigenvalue weighted by Gasteiger charge is -2.31. The van der Waals surface area contributed by atoms with Crippen molar-refractivity contribution >= 4 is 21.8 Å². The first kappa shape index (κ1) is 12.6. The quantitative estimate of drug-likeness (QED) is 0.864.